The van der Waals surface area contributed by atoms with E-state index in [1.807, 2.05) is 18.2 Å². The lowest BCUT2D eigenvalue weighted by Crippen LogP contribution is -2.23. The van der Waals surface area contributed by atoms with Crippen LogP contribution in [0.1, 0.15) is 5.56 Å². The van der Waals surface area contributed by atoms with Crippen LogP contribution >= 0.6 is 23.4 Å². The monoisotopic (exact) mass is 330 g/mol. The minimum Gasteiger partial charge on any atom is -0.290 e. The summed E-state index contributed by atoms with van der Waals surface area (Å²) in [4.78, 5) is 26.7. The number of aromatic nitrogens is 2. The first-order chi connectivity index (χ1) is 10.6. The number of likely N-dealkylation sites (N-methyl/N-ethyl adjacent to an activating group) is 1. The van der Waals surface area contributed by atoms with Crippen LogP contribution in [-0.2, 0) is 4.79 Å². The highest BCUT2D eigenvalue weighted by Crippen LogP contribution is 2.34. The van der Waals surface area contributed by atoms with Gasteiger partial charge in [-0.3, -0.25) is 19.7 Å². The van der Waals surface area contributed by atoms with Crippen LogP contribution in [0.15, 0.2) is 52.9 Å². The van der Waals surface area contributed by atoms with Gasteiger partial charge < -0.3 is 0 Å². The van der Waals surface area contributed by atoms with E-state index < -0.39 is 0 Å². The van der Waals surface area contributed by atoms with E-state index in [-0.39, 0.29) is 5.91 Å². The number of carbonyl (C=O) groups is 1. The van der Waals surface area contributed by atoms with Gasteiger partial charge in [0.2, 0.25) is 0 Å². The van der Waals surface area contributed by atoms with E-state index in [1.165, 1.54) is 22.9 Å². The molecule has 2 aromatic heterocycles. The molecule has 2 aromatic rings. The quantitative estimate of drug-likeness (QED) is 0.792. The number of amidine groups is 1. The van der Waals surface area contributed by atoms with Crippen molar-refractivity contribution in [1.82, 2.24) is 14.9 Å². The Hall–Kier alpha value is -2.18. The normalized spacial score (nSPS) is 18.5. The molecule has 22 heavy (non-hydrogen) atoms. The molecule has 0 saturated carbocycles. The highest BCUT2D eigenvalue weighted by Gasteiger charge is 2.30. The van der Waals surface area contributed by atoms with E-state index in [1.54, 1.807) is 31.7 Å². The van der Waals surface area contributed by atoms with Crippen LogP contribution in [0.3, 0.4) is 0 Å². The molecule has 0 bridgehead atoms. The van der Waals surface area contributed by atoms with Gasteiger partial charge in [0.25, 0.3) is 5.91 Å². The zero-order chi connectivity index (χ0) is 15.5. The van der Waals surface area contributed by atoms with Crippen molar-refractivity contribution in [3.05, 3.63) is 58.5 Å². The van der Waals surface area contributed by atoms with E-state index in [0.29, 0.717) is 20.8 Å². The molecule has 0 aromatic carbocycles. The van der Waals surface area contributed by atoms with E-state index in [4.69, 9.17) is 11.6 Å². The SMILES string of the molecule is CN1C(=O)/C(=C/c2ccncc2)SC1=Nc1ccncc1Cl. The summed E-state index contributed by atoms with van der Waals surface area (Å²) in [6, 6.07) is 5.39. The summed E-state index contributed by atoms with van der Waals surface area (Å²) in [5.74, 6) is -0.0919. The number of aliphatic imine (C=N–C) groups is 1. The largest absolute Gasteiger partial charge is 0.290 e. The zero-order valence-electron chi connectivity index (χ0n) is 11.6. The Morgan fingerprint density at radius 3 is 2.68 bits per heavy atom. The van der Waals surface area contributed by atoms with Crippen molar-refractivity contribution in [1.29, 1.82) is 0 Å². The van der Waals surface area contributed by atoms with Crippen molar-refractivity contribution in [3.8, 4) is 0 Å². The number of hydrogen-bond acceptors (Lipinski definition) is 5. The van der Waals surface area contributed by atoms with Crippen molar-refractivity contribution in [2.45, 2.75) is 0 Å². The average Bonchev–Trinajstić information content (AvgIpc) is 2.79. The fraction of sp³-hybridized carbons (Fsp3) is 0.0667. The minimum atomic E-state index is -0.0919. The summed E-state index contributed by atoms with van der Waals surface area (Å²) in [6.45, 7) is 0. The van der Waals surface area contributed by atoms with Crippen LogP contribution in [0.5, 0.6) is 0 Å². The molecular formula is C15H11ClN4OS. The minimum absolute atomic E-state index is 0.0919. The molecule has 1 fully saturated rings. The van der Waals surface area contributed by atoms with Crippen LogP contribution in [0.2, 0.25) is 5.02 Å². The molecule has 0 radical (unpaired) electrons. The summed E-state index contributed by atoms with van der Waals surface area (Å²) >= 11 is 7.36. The van der Waals surface area contributed by atoms with Gasteiger partial charge in [0, 0.05) is 31.8 Å². The molecule has 0 atom stereocenters. The third-order valence-corrected chi connectivity index (χ3v) is 4.33. The molecule has 7 heteroatoms. The van der Waals surface area contributed by atoms with Gasteiger partial charge in [-0.05, 0) is 41.6 Å². The summed E-state index contributed by atoms with van der Waals surface area (Å²) in [7, 11) is 1.69. The van der Waals surface area contributed by atoms with Crippen molar-refractivity contribution in [3.63, 3.8) is 0 Å². The predicted octanol–water partition coefficient (Wildman–Crippen LogP) is 3.36. The number of nitrogens with zero attached hydrogens (tertiary/aromatic N) is 4. The van der Waals surface area contributed by atoms with Gasteiger partial charge >= 0.3 is 0 Å². The molecule has 0 spiro atoms. The Morgan fingerprint density at radius 2 is 1.95 bits per heavy atom. The third kappa shape index (κ3) is 3.03. The first kappa shape index (κ1) is 14.7. The van der Waals surface area contributed by atoms with Crippen LogP contribution in [0, 0.1) is 0 Å². The molecular weight excluding hydrogens is 320 g/mol. The molecule has 1 aliphatic rings. The second-order valence-electron chi connectivity index (χ2n) is 4.48. The van der Waals surface area contributed by atoms with Crippen molar-refractivity contribution >= 4 is 46.2 Å². The number of hydrogen-bond donors (Lipinski definition) is 0. The molecule has 0 aliphatic carbocycles. The Morgan fingerprint density at radius 1 is 1.23 bits per heavy atom. The summed E-state index contributed by atoms with van der Waals surface area (Å²) < 4.78 is 0. The van der Waals surface area contributed by atoms with Gasteiger partial charge in [-0.2, -0.15) is 0 Å². The lowest BCUT2D eigenvalue weighted by atomic mass is 10.2. The lowest BCUT2D eigenvalue weighted by molar-refractivity contribution is -0.121. The maximum atomic E-state index is 12.3. The van der Waals surface area contributed by atoms with Gasteiger partial charge in [0.05, 0.1) is 15.6 Å². The Bertz CT molecular complexity index is 776. The molecule has 3 rings (SSSR count). The molecule has 0 N–H and O–H groups in total. The maximum Gasteiger partial charge on any atom is 0.266 e. The van der Waals surface area contributed by atoms with Crippen molar-refractivity contribution in [2.24, 2.45) is 4.99 Å². The van der Waals surface area contributed by atoms with Crippen LogP contribution in [-0.4, -0.2) is 33.0 Å². The van der Waals surface area contributed by atoms with Crippen LogP contribution in [0.4, 0.5) is 5.69 Å². The maximum absolute atomic E-state index is 12.3. The van der Waals surface area contributed by atoms with Crippen LogP contribution in [0.25, 0.3) is 6.08 Å². The van der Waals surface area contributed by atoms with E-state index in [2.05, 4.69) is 15.0 Å². The predicted molar refractivity (Wildman–Crippen MR) is 88.9 cm³/mol. The van der Waals surface area contributed by atoms with Crippen molar-refractivity contribution in [2.75, 3.05) is 7.05 Å². The van der Waals surface area contributed by atoms with Gasteiger partial charge in [-0.15, -0.1) is 0 Å². The number of halogens is 1. The number of rotatable bonds is 2. The fourth-order valence-corrected chi connectivity index (χ4v) is 2.97. The zero-order valence-corrected chi connectivity index (χ0v) is 13.2. The second-order valence-corrected chi connectivity index (χ2v) is 5.89. The first-order valence-electron chi connectivity index (χ1n) is 6.41. The number of carbonyl (C=O) groups excluding carboxylic acids is 1. The lowest BCUT2D eigenvalue weighted by Gasteiger charge is -2.07. The highest BCUT2D eigenvalue weighted by molar-refractivity contribution is 8.18. The topological polar surface area (TPSA) is 58.5 Å². The van der Waals surface area contributed by atoms with E-state index in [9.17, 15) is 4.79 Å². The number of pyridine rings is 2. The number of thioether (sulfide) groups is 1. The molecule has 3 heterocycles. The van der Waals surface area contributed by atoms with Gasteiger partial charge in [-0.1, -0.05) is 11.6 Å². The fourth-order valence-electron chi connectivity index (χ4n) is 1.82. The number of amides is 1. The summed E-state index contributed by atoms with van der Waals surface area (Å²) in [5, 5.41) is 1.03. The summed E-state index contributed by atoms with van der Waals surface area (Å²) in [6.07, 6.45) is 8.33. The molecule has 1 saturated heterocycles. The van der Waals surface area contributed by atoms with E-state index in [0.717, 1.165) is 5.56 Å². The Balaban J connectivity index is 1.92. The van der Waals surface area contributed by atoms with Gasteiger partial charge in [-0.25, -0.2) is 4.99 Å². The standard InChI is InChI=1S/C15H11ClN4OS/c1-20-14(21)13(8-10-2-5-17-6-3-10)22-15(20)19-12-4-7-18-9-11(12)16/h2-9H,1H3/b13-8-,19-15?. The first-order valence-corrected chi connectivity index (χ1v) is 7.60. The average molecular weight is 331 g/mol. The van der Waals surface area contributed by atoms with E-state index >= 15 is 0 Å². The van der Waals surface area contributed by atoms with Crippen molar-refractivity contribution < 1.29 is 4.79 Å². The summed E-state index contributed by atoms with van der Waals surface area (Å²) in [5.41, 5.74) is 1.51. The molecule has 1 amide bonds. The second kappa shape index (κ2) is 6.29. The molecule has 0 unspecified atom stereocenters. The Labute approximate surface area is 136 Å². The third-order valence-electron chi connectivity index (χ3n) is 2.97. The van der Waals surface area contributed by atoms with Crippen LogP contribution < -0.4 is 0 Å². The highest BCUT2D eigenvalue weighted by atomic mass is 35.5. The molecule has 1 aliphatic heterocycles. The molecule has 110 valence electrons. The molecule has 5 nitrogen and oxygen atoms in total. The van der Waals surface area contributed by atoms with Gasteiger partial charge in [0.15, 0.2) is 5.17 Å². The smallest absolute Gasteiger partial charge is 0.266 e. The van der Waals surface area contributed by atoms with Gasteiger partial charge in [0.1, 0.15) is 0 Å². The Kier molecular flexibility index (Phi) is 4.22.